The molecule has 3 atom stereocenters. The lowest BCUT2D eigenvalue weighted by molar-refractivity contribution is 0.0550. The highest BCUT2D eigenvalue weighted by molar-refractivity contribution is 5.30. The zero-order valence-corrected chi connectivity index (χ0v) is 15.7. The molecule has 0 radical (unpaired) electrons. The van der Waals surface area contributed by atoms with Crippen molar-refractivity contribution in [2.75, 3.05) is 25.5 Å². The normalized spacial score (nSPS) is 25.4. The van der Waals surface area contributed by atoms with E-state index in [4.69, 9.17) is 4.74 Å². The first-order valence-corrected chi connectivity index (χ1v) is 9.54. The fourth-order valence-corrected chi connectivity index (χ4v) is 4.29. The highest BCUT2D eigenvalue weighted by Crippen LogP contribution is 2.35. The van der Waals surface area contributed by atoms with E-state index >= 15 is 0 Å². The van der Waals surface area contributed by atoms with Crippen LogP contribution in [0.25, 0.3) is 0 Å². The van der Waals surface area contributed by atoms with Gasteiger partial charge < -0.3 is 10.1 Å². The molecule has 4 rings (SSSR count). The molecule has 1 fully saturated rings. The van der Waals surface area contributed by atoms with E-state index in [1.54, 1.807) is 12.1 Å². The third-order valence-electron chi connectivity index (χ3n) is 5.75. The molecule has 1 N–H and O–H groups in total. The summed E-state index contributed by atoms with van der Waals surface area (Å²) in [5.74, 6) is 0.802. The molecule has 1 saturated heterocycles. The zero-order chi connectivity index (χ0) is 19.7. The minimum atomic E-state index is -2.49. The Morgan fingerprint density at radius 2 is 2.21 bits per heavy atom. The van der Waals surface area contributed by atoms with Crippen LogP contribution in [0.3, 0.4) is 0 Å². The van der Waals surface area contributed by atoms with E-state index in [2.05, 4.69) is 20.3 Å². The Hall–Kier alpha value is -2.29. The predicted octanol–water partition coefficient (Wildman–Crippen LogP) is 3.33. The maximum Gasteiger partial charge on any atom is 0.260 e. The number of halogens is 3. The van der Waals surface area contributed by atoms with Crippen LogP contribution in [0.4, 0.5) is 19.1 Å². The van der Waals surface area contributed by atoms with Gasteiger partial charge in [0.25, 0.3) is 6.43 Å². The number of anilines is 1. The number of alkyl halides is 2. The van der Waals surface area contributed by atoms with Crippen molar-refractivity contribution in [1.29, 1.82) is 0 Å². The van der Waals surface area contributed by atoms with Gasteiger partial charge in [-0.2, -0.15) is 10.1 Å². The smallest absolute Gasteiger partial charge is 0.260 e. The molecule has 1 aromatic carbocycles. The van der Waals surface area contributed by atoms with Gasteiger partial charge in [0.1, 0.15) is 23.9 Å². The molecule has 2 aromatic rings. The van der Waals surface area contributed by atoms with Gasteiger partial charge in [0.15, 0.2) is 0 Å². The van der Waals surface area contributed by atoms with Crippen LogP contribution < -0.4 is 10.1 Å². The minimum absolute atomic E-state index is 0.0979. The molecule has 0 unspecified atom stereocenters. The number of methoxy groups -OCH3 is 1. The van der Waals surface area contributed by atoms with Gasteiger partial charge in [-0.15, -0.1) is 0 Å². The van der Waals surface area contributed by atoms with E-state index in [9.17, 15) is 13.2 Å². The molecular formula is C19H24F3N5O. The van der Waals surface area contributed by atoms with E-state index in [0.29, 0.717) is 30.2 Å². The lowest BCUT2D eigenvalue weighted by Gasteiger charge is -2.40. The second-order valence-electron chi connectivity index (χ2n) is 7.51. The van der Waals surface area contributed by atoms with Crippen molar-refractivity contribution in [3.8, 4) is 5.75 Å². The second kappa shape index (κ2) is 7.98. The van der Waals surface area contributed by atoms with E-state index < -0.39 is 12.5 Å². The van der Waals surface area contributed by atoms with E-state index in [0.717, 1.165) is 25.9 Å². The Bertz CT molecular complexity index is 815. The van der Waals surface area contributed by atoms with Crippen LogP contribution in [0, 0.1) is 11.7 Å². The minimum Gasteiger partial charge on any atom is -0.497 e. The summed E-state index contributed by atoms with van der Waals surface area (Å²) in [6.07, 6.45) is 1.03. The number of fused-ring (bicyclic) bond motifs is 1. The number of aromatic nitrogens is 3. The summed E-state index contributed by atoms with van der Waals surface area (Å²) in [6.45, 7) is 2.09. The van der Waals surface area contributed by atoms with Crippen LogP contribution in [0.5, 0.6) is 5.75 Å². The molecule has 9 heteroatoms. The number of ether oxygens (including phenoxy) is 1. The number of benzene rings is 1. The molecule has 0 saturated carbocycles. The van der Waals surface area contributed by atoms with Crippen molar-refractivity contribution in [2.24, 2.45) is 5.92 Å². The van der Waals surface area contributed by atoms with Gasteiger partial charge in [-0.3, -0.25) is 4.90 Å². The first-order valence-electron chi connectivity index (χ1n) is 9.54. The van der Waals surface area contributed by atoms with Gasteiger partial charge in [0.05, 0.1) is 7.11 Å². The maximum atomic E-state index is 14.3. The van der Waals surface area contributed by atoms with Crippen LogP contribution >= 0.6 is 0 Å². The molecule has 2 aliphatic heterocycles. The van der Waals surface area contributed by atoms with Crippen molar-refractivity contribution >= 4 is 5.95 Å². The van der Waals surface area contributed by atoms with Gasteiger partial charge in [-0.1, -0.05) is 6.07 Å². The molecule has 3 heterocycles. The molecule has 152 valence electrons. The molecule has 28 heavy (non-hydrogen) atoms. The summed E-state index contributed by atoms with van der Waals surface area (Å²) in [5, 5.41) is 7.22. The molecule has 6 nitrogen and oxygen atoms in total. The number of nitrogens with zero attached hydrogens (tertiary/aromatic N) is 4. The zero-order valence-electron chi connectivity index (χ0n) is 15.7. The first kappa shape index (κ1) is 19.0. The summed E-state index contributed by atoms with van der Waals surface area (Å²) in [4.78, 5) is 6.27. The average molecular weight is 395 g/mol. The van der Waals surface area contributed by atoms with Gasteiger partial charge in [-0.25, -0.2) is 17.9 Å². The number of likely N-dealkylation sites (tertiary alicyclic amines) is 1. The molecule has 0 bridgehead atoms. The van der Waals surface area contributed by atoms with Crippen molar-refractivity contribution in [2.45, 2.75) is 44.3 Å². The van der Waals surface area contributed by atoms with E-state index in [1.807, 2.05) is 0 Å². The van der Waals surface area contributed by atoms with Gasteiger partial charge in [0, 0.05) is 30.8 Å². The van der Waals surface area contributed by atoms with Crippen molar-refractivity contribution in [1.82, 2.24) is 19.7 Å². The monoisotopic (exact) mass is 395 g/mol. The molecule has 0 aliphatic carbocycles. The first-order chi connectivity index (χ1) is 13.5. The largest absolute Gasteiger partial charge is 0.497 e. The predicted molar refractivity (Wildman–Crippen MR) is 98.0 cm³/mol. The summed E-state index contributed by atoms with van der Waals surface area (Å²) in [6, 6.07) is 3.82. The van der Waals surface area contributed by atoms with Crippen molar-refractivity contribution in [3.63, 3.8) is 0 Å². The summed E-state index contributed by atoms with van der Waals surface area (Å²) in [7, 11) is 1.51. The highest BCUT2D eigenvalue weighted by atomic mass is 19.3. The Labute approximate surface area is 161 Å². The number of hydrogen-bond donors (Lipinski definition) is 1. The van der Waals surface area contributed by atoms with Gasteiger partial charge in [-0.05, 0) is 37.8 Å². The quantitative estimate of drug-likeness (QED) is 0.842. The van der Waals surface area contributed by atoms with Crippen LogP contribution in [-0.2, 0) is 6.54 Å². The van der Waals surface area contributed by atoms with Crippen LogP contribution in [0.15, 0.2) is 24.5 Å². The molecule has 0 spiro atoms. The summed E-state index contributed by atoms with van der Waals surface area (Å²) >= 11 is 0. The van der Waals surface area contributed by atoms with Crippen LogP contribution in [-0.4, -0.2) is 52.3 Å². The highest BCUT2D eigenvalue weighted by Gasteiger charge is 2.38. The standard InChI is InChI=1S/C19H24F3N5O/c1-28-14-5-4-12(15(20)7-14)9-26-6-2-3-13(10-26)16-8-17(18(21)22)27-19(25-16)23-11-24-27/h4-5,7,11,13,16-18H,2-3,6,8-10H2,1H3,(H,23,24,25)/t13-,16-,17+/m0/s1. The third kappa shape index (κ3) is 3.80. The Morgan fingerprint density at radius 3 is 2.96 bits per heavy atom. The van der Waals surface area contributed by atoms with Crippen LogP contribution in [0.1, 0.15) is 30.9 Å². The number of piperidine rings is 1. The summed E-state index contributed by atoms with van der Waals surface area (Å²) < 4.78 is 47.6. The number of rotatable bonds is 5. The second-order valence-corrected chi connectivity index (χ2v) is 7.51. The Balaban J connectivity index is 1.44. The lowest BCUT2D eigenvalue weighted by atomic mass is 9.86. The lowest BCUT2D eigenvalue weighted by Crippen LogP contribution is -2.46. The summed E-state index contributed by atoms with van der Waals surface area (Å²) in [5.41, 5.74) is 0.614. The third-order valence-corrected chi connectivity index (χ3v) is 5.75. The van der Waals surface area contributed by atoms with Gasteiger partial charge >= 0.3 is 0 Å². The van der Waals surface area contributed by atoms with Crippen molar-refractivity contribution < 1.29 is 17.9 Å². The van der Waals surface area contributed by atoms with Crippen LogP contribution in [0.2, 0.25) is 0 Å². The van der Waals surface area contributed by atoms with Crippen molar-refractivity contribution in [3.05, 3.63) is 35.9 Å². The number of nitrogens with one attached hydrogen (secondary N) is 1. The fraction of sp³-hybridized carbons (Fsp3) is 0.579. The van der Waals surface area contributed by atoms with E-state index in [-0.39, 0.29) is 17.8 Å². The topological polar surface area (TPSA) is 55.2 Å². The number of hydrogen-bond acceptors (Lipinski definition) is 5. The maximum absolute atomic E-state index is 14.3. The van der Waals surface area contributed by atoms with Gasteiger partial charge in [0.2, 0.25) is 5.95 Å². The SMILES string of the molecule is COc1ccc(CN2CCC[C@H]([C@@H]3C[C@H](C(F)F)n4ncnc4N3)C2)c(F)c1. The fourth-order valence-electron chi connectivity index (χ4n) is 4.29. The Morgan fingerprint density at radius 1 is 1.36 bits per heavy atom. The van der Waals surface area contributed by atoms with E-state index in [1.165, 1.54) is 24.2 Å². The Kier molecular flexibility index (Phi) is 5.43. The molecule has 2 aliphatic rings. The molecular weight excluding hydrogens is 371 g/mol. The molecule has 0 amide bonds. The molecule has 1 aromatic heterocycles. The average Bonchev–Trinajstić information content (AvgIpc) is 3.17.